The number of ether oxygens (including phenoxy) is 1. The van der Waals surface area contributed by atoms with Gasteiger partial charge >= 0.3 is 0 Å². The summed E-state index contributed by atoms with van der Waals surface area (Å²) in [5.74, 6) is 1.63. The molecule has 0 radical (unpaired) electrons. The Labute approximate surface area is 98.4 Å². The highest BCUT2D eigenvalue weighted by atomic mass is 35.5. The smallest absolute Gasteiger partial charge is 0.256 e. The Morgan fingerprint density at radius 1 is 1.50 bits per heavy atom. The van der Waals surface area contributed by atoms with Gasteiger partial charge in [-0.2, -0.15) is 19.6 Å². The van der Waals surface area contributed by atoms with Crippen LogP contribution in [0.2, 0.25) is 5.15 Å². The number of aromatic nitrogens is 4. The summed E-state index contributed by atoms with van der Waals surface area (Å²) in [6.07, 6.45) is 2.41. The molecule has 2 aromatic rings. The lowest BCUT2D eigenvalue weighted by atomic mass is 10.1. The molecule has 2 rings (SSSR count). The van der Waals surface area contributed by atoms with Crippen LogP contribution < -0.4 is 4.74 Å². The molecule has 0 bridgehead atoms. The van der Waals surface area contributed by atoms with E-state index in [-0.39, 0.29) is 0 Å². The van der Waals surface area contributed by atoms with Crippen LogP contribution in [0.25, 0.3) is 5.78 Å². The van der Waals surface area contributed by atoms with Crippen molar-refractivity contribution in [3.8, 4) is 5.88 Å². The molecule has 5 nitrogen and oxygen atoms in total. The van der Waals surface area contributed by atoms with E-state index in [1.165, 1.54) is 10.8 Å². The quantitative estimate of drug-likeness (QED) is 0.769. The first-order valence-electron chi connectivity index (χ1n) is 5.16. The van der Waals surface area contributed by atoms with E-state index in [1.54, 1.807) is 6.07 Å². The van der Waals surface area contributed by atoms with E-state index >= 15 is 0 Å². The number of hydrogen-bond donors (Lipinski definition) is 0. The molecule has 86 valence electrons. The molecule has 6 heteroatoms. The lowest BCUT2D eigenvalue weighted by Gasteiger charge is -2.08. The van der Waals surface area contributed by atoms with Gasteiger partial charge < -0.3 is 4.74 Å². The first kappa shape index (κ1) is 11.1. The zero-order valence-electron chi connectivity index (χ0n) is 9.22. The van der Waals surface area contributed by atoms with Crippen LogP contribution in [0, 0.1) is 5.92 Å². The van der Waals surface area contributed by atoms with Crippen molar-refractivity contribution >= 4 is 17.4 Å². The van der Waals surface area contributed by atoms with Crippen molar-refractivity contribution in [3.63, 3.8) is 0 Å². The van der Waals surface area contributed by atoms with Crippen LogP contribution in [0.15, 0.2) is 12.4 Å². The van der Waals surface area contributed by atoms with Crippen molar-refractivity contribution < 1.29 is 4.74 Å². The average molecular weight is 241 g/mol. The summed E-state index contributed by atoms with van der Waals surface area (Å²) in [6.45, 7) is 4.93. The van der Waals surface area contributed by atoms with Crippen LogP contribution in [-0.2, 0) is 0 Å². The minimum Gasteiger partial charge on any atom is -0.477 e. The van der Waals surface area contributed by atoms with Gasteiger partial charge in [0, 0.05) is 6.07 Å². The summed E-state index contributed by atoms with van der Waals surface area (Å²) >= 11 is 5.85. The fourth-order valence-corrected chi connectivity index (χ4v) is 1.43. The number of nitrogens with zero attached hydrogens (tertiary/aromatic N) is 4. The minimum absolute atomic E-state index is 0.361. The Bertz CT molecular complexity index is 483. The van der Waals surface area contributed by atoms with Gasteiger partial charge in [0.2, 0.25) is 5.88 Å². The molecule has 2 heterocycles. The third-order valence-electron chi connectivity index (χ3n) is 2.13. The molecule has 0 saturated carbocycles. The van der Waals surface area contributed by atoms with Gasteiger partial charge in [0.15, 0.2) is 0 Å². The van der Waals surface area contributed by atoms with Crippen molar-refractivity contribution in [2.75, 3.05) is 6.61 Å². The first-order valence-corrected chi connectivity index (χ1v) is 5.53. The lowest BCUT2D eigenvalue weighted by molar-refractivity contribution is 0.272. The summed E-state index contributed by atoms with van der Waals surface area (Å²) in [6, 6.07) is 1.64. The van der Waals surface area contributed by atoms with E-state index in [4.69, 9.17) is 16.3 Å². The van der Waals surface area contributed by atoms with E-state index < -0.39 is 0 Å². The number of fused-ring (bicyclic) bond motifs is 1. The molecule has 0 amide bonds. The molecular weight excluding hydrogens is 228 g/mol. The van der Waals surface area contributed by atoms with Crippen LogP contribution in [0.3, 0.4) is 0 Å². The van der Waals surface area contributed by atoms with E-state index in [2.05, 4.69) is 28.9 Å². The largest absolute Gasteiger partial charge is 0.477 e. The molecule has 0 fully saturated rings. The topological polar surface area (TPSA) is 52.3 Å². The molecule has 0 aliphatic rings. The highest BCUT2D eigenvalue weighted by molar-refractivity contribution is 6.29. The summed E-state index contributed by atoms with van der Waals surface area (Å²) in [5.41, 5.74) is 0. The number of hydrogen-bond acceptors (Lipinski definition) is 4. The van der Waals surface area contributed by atoms with E-state index in [0.717, 1.165) is 6.42 Å². The maximum Gasteiger partial charge on any atom is 0.256 e. The van der Waals surface area contributed by atoms with Gasteiger partial charge in [-0.25, -0.2) is 0 Å². The summed E-state index contributed by atoms with van der Waals surface area (Å²) in [5, 5.41) is 4.38. The molecule has 0 aliphatic heterocycles. The Kier molecular flexibility index (Phi) is 3.24. The fourth-order valence-electron chi connectivity index (χ4n) is 1.26. The molecule has 0 aliphatic carbocycles. The van der Waals surface area contributed by atoms with Crippen LogP contribution >= 0.6 is 11.6 Å². The normalized spacial score (nSPS) is 11.2. The molecule has 0 atom stereocenters. The Morgan fingerprint density at radius 3 is 3.06 bits per heavy atom. The van der Waals surface area contributed by atoms with Crippen molar-refractivity contribution in [2.45, 2.75) is 20.3 Å². The van der Waals surface area contributed by atoms with Gasteiger partial charge in [-0.1, -0.05) is 25.4 Å². The second-order valence-electron chi connectivity index (χ2n) is 3.92. The lowest BCUT2D eigenvalue weighted by Crippen LogP contribution is -2.06. The Morgan fingerprint density at radius 2 is 2.31 bits per heavy atom. The van der Waals surface area contributed by atoms with Crippen molar-refractivity contribution in [3.05, 3.63) is 17.5 Å². The Balaban J connectivity index is 2.19. The third kappa shape index (κ3) is 2.41. The maximum atomic E-state index is 5.85. The molecule has 0 unspecified atom stereocenters. The molecule has 16 heavy (non-hydrogen) atoms. The predicted molar refractivity (Wildman–Crippen MR) is 60.7 cm³/mol. The Hall–Kier alpha value is -1.36. The van der Waals surface area contributed by atoms with Crippen molar-refractivity contribution in [1.29, 1.82) is 0 Å². The molecule has 0 aromatic carbocycles. The molecular formula is C10H13ClN4O. The zero-order chi connectivity index (χ0) is 11.5. The van der Waals surface area contributed by atoms with Gasteiger partial charge in [-0.15, -0.1) is 0 Å². The second-order valence-corrected chi connectivity index (χ2v) is 4.31. The van der Waals surface area contributed by atoms with Gasteiger partial charge in [0.1, 0.15) is 11.5 Å². The summed E-state index contributed by atoms with van der Waals surface area (Å²) in [4.78, 5) is 7.97. The van der Waals surface area contributed by atoms with Gasteiger partial charge in [-0.05, 0) is 12.3 Å². The standard InChI is InChI=1S/C10H13ClN4O/c1-7(2)3-4-16-9-5-8(11)14-10-12-6-13-15(9)10/h5-7H,3-4H2,1-2H3. The van der Waals surface area contributed by atoms with Gasteiger partial charge in [0.25, 0.3) is 5.78 Å². The number of rotatable bonds is 4. The highest BCUT2D eigenvalue weighted by Gasteiger charge is 2.07. The van der Waals surface area contributed by atoms with E-state index in [9.17, 15) is 0 Å². The summed E-state index contributed by atoms with van der Waals surface area (Å²) < 4.78 is 7.14. The number of halogens is 1. The van der Waals surface area contributed by atoms with Crippen molar-refractivity contribution in [2.24, 2.45) is 5.92 Å². The minimum atomic E-state index is 0.361. The van der Waals surface area contributed by atoms with Crippen LogP contribution in [0.5, 0.6) is 5.88 Å². The maximum absolute atomic E-state index is 5.85. The van der Waals surface area contributed by atoms with Crippen molar-refractivity contribution in [1.82, 2.24) is 19.6 Å². The SMILES string of the molecule is CC(C)CCOc1cc(Cl)nc2ncnn12. The van der Waals surface area contributed by atoms with Gasteiger partial charge in [-0.3, -0.25) is 0 Å². The second kappa shape index (κ2) is 4.65. The summed E-state index contributed by atoms with van der Waals surface area (Å²) in [7, 11) is 0. The highest BCUT2D eigenvalue weighted by Crippen LogP contribution is 2.17. The third-order valence-corrected chi connectivity index (χ3v) is 2.33. The van der Waals surface area contributed by atoms with Crippen LogP contribution in [0.1, 0.15) is 20.3 Å². The van der Waals surface area contributed by atoms with E-state index in [0.29, 0.717) is 29.3 Å². The average Bonchev–Trinajstić information content (AvgIpc) is 2.64. The molecule has 0 N–H and O–H groups in total. The monoisotopic (exact) mass is 240 g/mol. The zero-order valence-corrected chi connectivity index (χ0v) is 9.98. The predicted octanol–water partition coefficient (Wildman–Crippen LogP) is 2.20. The van der Waals surface area contributed by atoms with Crippen LogP contribution in [-0.4, -0.2) is 26.2 Å². The van der Waals surface area contributed by atoms with Gasteiger partial charge in [0.05, 0.1) is 6.61 Å². The first-order chi connectivity index (χ1) is 7.66. The van der Waals surface area contributed by atoms with Crippen LogP contribution in [0.4, 0.5) is 0 Å². The fraction of sp³-hybridized carbons (Fsp3) is 0.500. The molecule has 0 saturated heterocycles. The van der Waals surface area contributed by atoms with E-state index in [1.807, 2.05) is 0 Å². The molecule has 0 spiro atoms. The molecule has 2 aromatic heterocycles.